The van der Waals surface area contributed by atoms with Gasteiger partial charge in [-0.05, 0) is 49.6 Å². The zero-order chi connectivity index (χ0) is 19.2. The lowest BCUT2D eigenvalue weighted by molar-refractivity contribution is 0.0519. The van der Waals surface area contributed by atoms with E-state index in [4.69, 9.17) is 0 Å². The minimum atomic E-state index is -0.402. The van der Waals surface area contributed by atoms with E-state index in [1.54, 1.807) is 12.1 Å². The molecule has 4 nitrogen and oxygen atoms in total. The van der Waals surface area contributed by atoms with Crippen molar-refractivity contribution >= 4 is 11.8 Å². The van der Waals surface area contributed by atoms with E-state index >= 15 is 0 Å². The molecule has 5 heteroatoms. The van der Waals surface area contributed by atoms with E-state index in [0.717, 1.165) is 19.3 Å². The van der Waals surface area contributed by atoms with Gasteiger partial charge in [-0.25, -0.2) is 4.39 Å². The summed E-state index contributed by atoms with van der Waals surface area (Å²) in [7, 11) is 0. The Morgan fingerprint density at radius 3 is 2.33 bits per heavy atom. The van der Waals surface area contributed by atoms with E-state index in [0.29, 0.717) is 30.8 Å². The summed E-state index contributed by atoms with van der Waals surface area (Å²) in [5.74, 6) is -0.502. The molecule has 1 aliphatic rings. The Labute approximate surface area is 159 Å². The van der Waals surface area contributed by atoms with Gasteiger partial charge < -0.3 is 9.80 Å². The van der Waals surface area contributed by atoms with Crippen LogP contribution in [0.25, 0.3) is 0 Å². The second kappa shape index (κ2) is 8.80. The van der Waals surface area contributed by atoms with Crippen LogP contribution in [-0.4, -0.2) is 47.3 Å². The summed E-state index contributed by atoms with van der Waals surface area (Å²) in [6, 6.07) is 15.2. The molecule has 1 fully saturated rings. The molecule has 0 unspecified atom stereocenters. The normalized spacial score (nSPS) is 14.8. The summed E-state index contributed by atoms with van der Waals surface area (Å²) < 4.78 is 13.5. The number of rotatable bonds is 5. The minimum Gasteiger partial charge on any atom is -0.338 e. The zero-order valence-electron chi connectivity index (χ0n) is 15.6. The second-order valence-electron chi connectivity index (χ2n) is 6.90. The van der Waals surface area contributed by atoms with Gasteiger partial charge in [-0.1, -0.05) is 31.2 Å². The molecule has 0 aromatic heterocycles. The van der Waals surface area contributed by atoms with Crippen molar-refractivity contribution in [2.24, 2.45) is 0 Å². The van der Waals surface area contributed by atoms with Crippen molar-refractivity contribution in [3.8, 4) is 0 Å². The van der Waals surface area contributed by atoms with Gasteiger partial charge in [0.05, 0.1) is 0 Å². The lowest BCUT2D eigenvalue weighted by Gasteiger charge is -2.38. The molecule has 0 N–H and O–H groups in total. The first-order chi connectivity index (χ1) is 13.1. The molecule has 27 heavy (non-hydrogen) atoms. The minimum absolute atomic E-state index is 0.0348. The van der Waals surface area contributed by atoms with Crippen molar-refractivity contribution in [2.45, 2.75) is 32.2 Å². The first kappa shape index (κ1) is 19.1. The number of carbonyl (C=O) groups excluding carboxylic acids is 2. The molecule has 1 saturated heterocycles. The standard InChI is InChI=1S/C22H25FN2O2/c1-2-13-25(22(27)18-9-6-10-19(23)16-18)20-11-14-24(15-12-20)21(26)17-7-4-3-5-8-17/h3-10,16,20H,2,11-15H2,1H3. The van der Waals surface area contributed by atoms with Crippen LogP contribution in [0, 0.1) is 5.82 Å². The van der Waals surface area contributed by atoms with Crippen molar-refractivity contribution in [3.63, 3.8) is 0 Å². The number of nitrogens with zero attached hydrogens (tertiary/aromatic N) is 2. The van der Waals surface area contributed by atoms with Crippen molar-refractivity contribution < 1.29 is 14.0 Å². The fourth-order valence-corrected chi connectivity index (χ4v) is 3.62. The monoisotopic (exact) mass is 368 g/mol. The van der Waals surface area contributed by atoms with E-state index in [1.807, 2.05) is 47.1 Å². The van der Waals surface area contributed by atoms with Gasteiger partial charge in [0.15, 0.2) is 0 Å². The molecule has 2 aromatic rings. The highest BCUT2D eigenvalue weighted by Gasteiger charge is 2.30. The number of piperidine rings is 1. The average molecular weight is 368 g/mol. The van der Waals surface area contributed by atoms with E-state index in [1.165, 1.54) is 12.1 Å². The van der Waals surface area contributed by atoms with Crippen LogP contribution in [0.4, 0.5) is 4.39 Å². The Morgan fingerprint density at radius 1 is 1.04 bits per heavy atom. The van der Waals surface area contributed by atoms with Crippen molar-refractivity contribution in [2.75, 3.05) is 19.6 Å². The fraction of sp³-hybridized carbons (Fsp3) is 0.364. The summed E-state index contributed by atoms with van der Waals surface area (Å²) in [6.45, 7) is 3.90. The molecule has 0 aliphatic carbocycles. The van der Waals surface area contributed by atoms with Crippen LogP contribution < -0.4 is 0 Å². The molecule has 2 aromatic carbocycles. The summed E-state index contributed by atoms with van der Waals surface area (Å²) in [5.41, 5.74) is 1.07. The van der Waals surface area contributed by atoms with Crippen molar-refractivity contribution in [1.29, 1.82) is 0 Å². The van der Waals surface area contributed by atoms with E-state index < -0.39 is 5.82 Å². The largest absolute Gasteiger partial charge is 0.338 e. The summed E-state index contributed by atoms with van der Waals surface area (Å²) >= 11 is 0. The number of carbonyl (C=O) groups is 2. The molecular weight excluding hydrogens is 343 g/mol. The summed E-state index contributed by atoms with van der Waals surface area (Å²) in [6.07, 6.45) is 2.31. The number of amides is 2. The predicted octanol–water partition coefficient (Wildman–Crippen LogP) is 3.98. The number of halogens is 1. The van der Waals surface area contributed by atoms with E-state index in [2.05, 4.69) is 0 Å². The van der Waals surface area contributed by atoms with Gasteiger partial charge in [-0.15, -0.1) is 0 Å². The van der Waals surface area contributed by atoms with Gasteiger partial charge in [0, 0.05) is 36.8 Å². The highest BCUT2D eigenvalue weighted by Crippen LogP contribution is 2.21. The van der Waals surface area contributed by atoms with Crippen LogP contribution in [0.5, 0.6) is 0 Å². The SMILES string of the molecule is CCCN(C(=O)c1cccc(F)c1)C1CCN(C(=O)c2ccccc2)CC1. The van der Waals surface area contributed by atoms with Gasteiger partial charge in [-0.2, -0.15) is 0 Å². The molecule has 0 spiro atoms. The van der Waals surface area contributed by atoms with Crippen LogP contribution in [0.1, 0.15) is 46.9 Å². The Balaban J connectivity index is 1.66. The van der Waals surface area contributed by atoms with E-state index in [9.17, 15) is 14.0 Å². The summed E-state index contributed by atoms with van der Waals surface area (Å²) in [4.78, 5) is 29.2. The molecule has 1 heterocycles. The maximum absolute atomic E-state index is 13.5. The van der Waals surface area contributed by atoms with Gasteiger partial charge in [-0.3, -0.25) is 9.59 Å². The van der Waals surface area contributed by atoms with Crippen LogP contribution in [0.15, 0.2) is 54.6 Å². The lowest BCUT2D eigenvalue weighted by atomic mass is 10.0. The highest BCUT2D eigenvalue weighted by molar-refractivity contribution is 5.95. The maximum atomic E-state index is 13.5. The topological polar surface area (TPSA) is 40.6 Å². The third kappa shape index (κ3) is 4.54. The van der Waals surface area contributed by atoms with Gasteiger partial charge in [0.25, 0.3) is 11.8 Å². The third-order valence-corrected chi connectivity index (χ3v) is 5.01. The Hall–Kier alpha value is -2.69. The first-order valence-electron chi connectivity index (χ1n) is 9.51. The molecule has 0 bridgehead atoms. The fourth-order valence-electron chi connectivity index (χ4n) is 3.62. The third-order valence-electron chi connectivity index (χ3n) is 5.01. The quantitative estimate of drug-likeness (QED) is 0.801. The Bertz CT molecular complexity index is 786. The first-order valence-corrected chi connectivity index (χ1v) is 9.51. The average Bonchev–Trinajstić information content (AvgIpc) is 2.72. The van der Waals surface area contributed by atoms with Crippen LogP contribution in [0.3, 0.4) is 0 Å². The Morgan fingerprint density at radius 2 is 1.70 bits per heavy atom. The second-order valence-corrected chi connectivity index (χ2v) is 6.90. The molecule has 2 amide bonds. The lowest BCUT2D eigenvalue weighted by Crippen LogP contribution is -2.49. The van der Waals surface area contributed by atoms with Crippen LogP contribution >= 0.6 is 0 Å². The van der Waals surface area contributed by atoms with Crippen LogP contribution in [-0.2, 0) is 0 Å². The maximum Gasteiger partial charge on any atom is 0.254 e. The van der Waals surface area contributed by atoms with Crippen molar-refractivity contribution in [1.82, 2.24) is 9.80 Å². The molecular formula is C22H25FN2O2. The molecule has 1 aliphatic heterocycles. The molecule has 142 valence electrons. The van der Waals surface area contributed by atoms with Gasteiger partial charge in [0.2, 0.25) is 0 Å². The van der Waals surface area contributed by atoms with Gasteiger partial charge in [0.1, 0.15) is 5.82 Å². The van der Waals surface area contributed by atoms with Gasteiger partial charge >= 0.3 is 0 Å². The zero-order valence-corrected chi connectivity index (χ0v) is 15.6. The number of benzene rings is 2. The number of likely N-dealkylation sites (tertiary alicyclic amines) is 1. The molecule has 0 saturated carbocycles. The molecule has 0 radical (unpaired) electrons. The summed E-state index contributed by atoms with van der Waals surface area (Å²) in [5, 5.41) is 0. The number of hydrogen-bond acceptors (Lipinski definition) is 2. The molecule has 0 atom stereocenters. The van der Waals surface area contributed by atoms with Crippen LogP contribution in [0.2, 0.25) is 0 Å². The Kier molecular flexibility index (Phi) is 6.22. The molecule has 3 rings (SSSR count). The predicted molar refractivity (Wildman–Crippen MR) is 103 cm³/mol. The smallest absolute Gasteiger partial charge is 0.254 e. The number of hydrogen-bond donors (Lipinski definition) is 0. The van der Waals surface area contributed by atoms with Crippen molar-refractivity contribution in [3.05, 3.63) is 71.5 Å². The van der Waals surface area contributed by atoms with E-state index in [-0.39, 0.29) is 17.9 Å². The highest BCUT2D eigenvalue weighted by atomic mass is 19.1.